The van der Waals surface area contributed by atoms with Crippen molar-refractivity contribution in [3.8, 4) is 0 Å². The van der Waals surface area contributed by atoms with Crippen LogP contribution in [0.2, 0.25) is 0 Å². The first kappa shape index (κ1) is 14.4. The van der Waals surface area contributed by atoms with E-state index in [0.29, 0.717) is 16.5 Å². The topological polar surface area (TPSA) is 60.4 Å². The van der Waals surface area contributed by atoms with Gasteiger partial charge in [-0.05, 0) is 35.9 Å². The molecule has 0 saturated heterocycles. The van der Waals surface area contributed by atoms with Gasteiger partial charge < -0.3 is 8.83 Å². The van der Waals surface area contributed by atoms with Gasteiger partial charge in [0.25, 0.3) is 0 Å². The van der Waals surface area contributed by atoms with Crippen molar-refractivity contribution in [1.82, 2.24) is 0 Å². The predicted octanol–water partition coefficient (Wildman–Crippen LogP) is 3.63. The van der Waals surface area contributed by atoms with Crippen LogP contribution in [0.1, 0.15) is 11.1 Å². The highest BCUT2D eigenvalue weighted by molar-refractivity contribution is 6.00. The Morgan fingerprint density at radius 3 is 2.38 bits per heavy atom. The normalized spacial score (nSPS) is 11.2. The molecule has 0 N–H and O–H groups in total. The minimum Gasteiger partial charge on any atom is -0.422 e. The monoisotopic (exact) mass is 322 g/mol. The lowest BCUT2D eigenvalue weighted by Gasteiger charge is -2.04. The number of hydrogen-bond acceptors (Lipinski definition) is 4. The van der Waals surface area contributed by atoms with Crippen LogP contribution in [-0.2, 0) is 6.42 Å². The van der Waals surface area contributed by atoms with Crippen molar-refractivity contribution in [2.45, 2.75) is 6.42 Å². The van der Waals surface area contributed by atoms with Gasteiger partial charge in [-0.15, -0.1) is 0 Å². The van der Waals surface area contributed by atoms with E-state index >= 15 is 0 Å². The van der Waals surface area contributed by atoms with Crippen molar-refractivity contribution in [1.29, 1.82) is 0 Å². The zero-order valence-corrected chi connectivity index (χ0v) is 12.4. The van der Waals surface area contributed by atoms with E-state index in [0.717, 1.165) is 5.56 Å². The van der Waals surface area contributed by atoms with E-state index in [2.05, 4.69) is 0 Å². The quantitative estimate of drug-likeness (QED) is 0.418. The van der Waals surface area contributed by atoms with Crippen molar-refractivity contribution < 1.29 is 13.2 Å². The predicted molar refractivity (Wildman–Crippen MR) is 87.7 cm³/mol. The molecule has 2 aromatic heterocycles. The molecule has 0 aliphatic heterocycles. The van der Waals surface area contributed by atoms with Crippen molar-refractivity contribution in [3.63, 3.8) is 0 Å². The van der Waals surface area contributed by atoms with E-state index in [1.807, 2.05) is 0 Å². The van der Waals surface area contributed by atoms with Crippen LogP contribution in [-0.4, -0.2) is 0 Å². The fourth-order valence-corrected chi connectivity index (χ4v) is 2.71. The molecular formula is C19H11FO4. The standard InChI is InChI=1S/C19H11FO4/c20-13-7-5-11(6-8-13)9-12-10-15-17(24-18(12)21)14-3-1-2-4-16(14)23-19(15)22/h1-8,10H,9H2. The Morgan fingerprint density at radius 2 is 1.58 bits per heavy atom. The van der Waals surface area contributed by atoms with Gasteiger partial charge in [0.1, 0.15) is 16.8 Å². The van der Waals surface area contributed by atoms with E-state index in [4.69, 9.17) is 8.83 Å². The smallest absolute Gasteiger partial charge is 0.347 e. The van der Waals surface area contributed by atoms with Crippen LogP contribution in [0.3, 0.4) is 0 Å². The summed E-state index contributed by atoms with van der Waals surface area (Å²) in [6.07, 6.45) is 0.241. The lowest BCUT2D eigenvalue weighted by atomic mass is 10.1. The molecule has 5 heteroatoms. The maximum absolute atomic E-state index is 13.0. The second-order valence-corrected chi connectivity index (χ2v) is 5.49. The molecule has 2 aromatic carbocycles. The minimum atomic E-state index is -0.562. The number of fused-ring (bicyclic) bond motifs is 3. The highest BCUT2D eigenvalue weighted by Crippen LogP contribution is 2.22. The third-order valence-corrected chi connectivity index (χ3v) is 3.88. The molecular weight excluding hydrogens is 311 g/mol. The van der Waals surface area contributed by atoms with Gasteiger partial charge >= 0.3 is 11.3 Å². The first-order chi connectivity index (χ1) is 11.6. The molecule has 2 heterocycles. The van der Waals surface area contributed by atoms with E-state index in [1.54, 1.807) is 36.4 Å². The summed E-state index contributed by atoms with van der Waals surface area (Å²) >= 11 is 0. The van der Waals surface area contributed by atoms with Gasteiger partial charge in [0.05, 0.1) is 5.39 Å². The number of hydrogen-bond donors (Lipinski definition) is 0. The van der Waals surface area contributed by atoms with Gasteiger partial charge in [-0.1, -0.05) is 24.3 Å². The van der Waals surface area contributed by atoms with Crippen LogP contribution in [0, 0.1) is 5.82 Å². The number of halogens is 1. The maximum atomic E-state index is 13.0. The van der Waals surface area contributed by atoms with Crippen LogP contribution in [0.5, 0.6) is 0 Å². The summed E-state index contributed by atoms with van der Waals surface area (Å²) < 4.78 is 23.6. The molecule has 0 radical (unpaired) electrons. The molecule has 0 saturated carbocycles. The van der Waals surface area contributed by atoms with Crippen LogP contribution in [0.25, 0.3) is 21.9 Å². The molecule has 0 fully saturated rings. The second-order valence-electron chi connectivity index (χ2n) is 5.49. The van der Waals surface area contributed by atoms with E-state index in [9.17, 15) is 14.0 Å². The fraction of sp³-hybridized carbons (Fsp3) is 0.0526. The number of benzene rings is 2. The van der Waals surface area contributed by atoms with Crippen molar-refractivity contribution in [2.75, 3.05) is 0 Å². The summed E-state index contributed by atoms with van der Waals surface area (Å²) in [4.78, 5) is 24.5. The highest BCUT2D eigenvalue weighted by Gasteiger charge is 2.13. The zero-order valence-electron chi connectivity index (χ0n) is 12.4. The Bertz CT molecular complexity index is 1170. The molecule has 4 rings (SSSR count). The maximum Gasteiger partial charge on any atom is 0.347 e. The summed E-state index contributed by atoms with van der Waals surface area (Å²) in [5.74, 6) is -0.351. The van der Waals surface area contributed by atoms with E-state index in [1.165, 1.54) is 18.2 Å². The molecule has 0 aliphatic carbocycles. The second kappa shape index (κ2) is 5.45. The van der Waals surface area contributed by atoms with Gasteiger partial charge in [-0.3, -0.25) is 0 Å². The first-order valence-corrected chi connectivity index (χ1v) is 7.35. The third kappa shape index (κ3) is 2.40. The molecule has 0 spiro atoms. The SMILES string of the molecule is O=c1oc2c(cc1Cc1ccc(F)cc1)c(=O)oc1ccccc12. The number of para-hydroxylation sites is 1. The third-order valence-electron chi connectivity index (χ3n) is 3.88. The van der Waals surface area contributed by atoms with Gasteiger partial charge in [0.15, 0.2) is 5.58 Å². The van der Waals surface area contributed by atoms with Crippen molar-refractivity contribution in [2.24, 2.45) is 0 Å². The summed E-state index contributed by atoms with van der Waals surface area (Å²) in [6, 6.07) is 14.2. The molecule has 0 bridgehead atoms. The Hall–Kier alpha value is -3.21. The summed E-state index contributed by atoms with van der Waals surface area (Å²) in [7, 11) is 0. The molecule has 4 aromatic rings. The first-order valence-electron chi connectivity index (χ1n) is 7.35. The Kier molecular flexibility index (Phi) is 3.27. The average Bonchev–Trinajstić information content (AvgIpc) is 2.58. The van der Waals surface area contributed by atoms with Crippen molar-refractivity contribution in [3.05, 3.63) is 92.4 Å². The fourth-order valence-electron chi connectivity index (χ4n) is 2.71. The van der Waals surface area contributed by atoms with E-state index < -0.39 is 11.3 Å². The molecule has 0 amide bonds. The van der Waals surface area contributed by atoms with Crippen LogP contribution in [0.4, 0.5) is 4.39 Å². The summed E-state index contributed by atoms with van der Waals surface area (Å²) in [6.45, 7) is 0. The molecule has 0 aliphatic rings. The Morgan fingerprint density at radius 1 is 0.833 bits per heavy atom. The van der Waals surface area contributed by atoms with Crippen molar-refractivity contribution >= 4 is 21.9 Å². The van der Waals surface area contributed by atoms with Crippen LogP contribution in [0.15, 0.2) is 73.0 Å². The molecule has 0 unspecified atom stereocenters. The molecule has 0 atom stereocenters. The molecule has 4 nitrogen and oxygen atoms in total. The van der Waals surface area contributed by atoms with Crippen LogP contribution < -0.4 is 11.3 Å². The minimum absolute atomic E-state index is 0.213. The highest BCUT2D eigenvalue weighted by atomic mass is 19.1. The number of rotatable bonds is 2. The van der Waals surface area contributed by atoms with Gasteiger partial charge in [-0.25, -0.2) is 14.0 Å². The van der Waals surface area contributed by atoms with Gasteiger partial charge in [0, 0.05) is 12.0 Å². The zero-order chi connectivity index (χ0) is 16.7. The average molecular weight is 322 g/mol. The van der Waals surface area contributed by atoms with Gasteiger partial charge in [-0.2, -0.15) is 0 Å². The van der Waals surface area contributed by atoms with E-state index in [-0.39, 0.29) is 23.2 Å². The molecule has 24 heavy (non-hydrogen) atoms. The molecule has 118 valence electrons. The Labute approximate surface area is 134 Å². The van der Waals surface area contributed by atoms with Gasteiger partial charge in [0.2, 0.25) is 0 Å². The lowest BCUT2D eigenvalue weighted by molar-refractivity contribution is 0.537. The lowest BCUT2D eigenvalue weighted by Crippen LogP contribution is -2.11. The summed E-state index contributed by atoms with van der Waals surface area (Å²) in [5, 5.41) is 0.781. The van der Waals surface area contributed by atoms with Crippen LogP contribution >= 0.6 is 0 Å². The summed E-state index contributed by atoms with van der Waals surface area (Å²) in [5.41, 5.74) is 0.555. The largest absolute Gasteiger partial charge is 0.422 e. The Balaban J connectivity index is 1.92.